The number of aliphatic carboxylic acids is 1. The van der Waals surface area contributed by atoms with Crippen molar-refractivity contribution in [2.24, 2.45) is 0 Å². The van der Waals surface area contributed by atoms with E-state index in [1.165, 1.54) is 0 Å². The molecule has 2 aliphatic heterocycles. The number of hydrogen-bond acceptors (Lipinski definition) is 4. The Hall–Kier alpha value is -3.26. The highest BCUT2D eigenvalue weighted by Gasteiger charge is 2.63. The van der Waals surface area contributed by atoms with Gasteiger partial charge in [0.05, 0.1) is 22.5 Å². The van der Waals surface area contributed by atoms with Crippen LogP contribution >= 0.6 is 0 Å². The molecule has 7 nitrogen and oxygen atoms in total. The molecule has 158 valence electrons. The molecule has 5 rings (SSSR count). The lowest BCUT2D eigenvalue weighted by Crippen LogP contribution is -2.75. The number of nitrogens with one attached hydrogen (secondary N) is 1. The van der Waals surface area contributed by atoms with Gasteiger partial charge in [-0.15, -0.1) is 0 Å². The second-order valence-corrected chi connectivity index (χ2v) is 9.60. The van der Waals surface area contributed by atoms with Crippen LogP contribution in [0.15, 0.2) is 71.9 Å². The molecule has 5 atom stereocenters. The number of amides is 2. The maximum atomic E-state index is 13.4. The van der Waals surface area contributed by atoms with Crippen molar-refractivity contribution in [3.63, 3.8) is 0 Å². The van der Waals surface area contributed by atoms with Crippen molar-refractivity contribution in [1.29, 1.82) is 0 Å². The second-order valence-electron chi connectivity index (χ2n) is 7.96. The Bertz CT molecular complexity index is 1130. The number of carbonyl (C=O) groups excluding carboxylic acids is 2. The van der Waals surface area contributed by atoms with Gasteiger partial charge >= 0.3 is 5.97 Å². The van der Waals surface area contributed by atoms with Gasteiger partial charge in [-0.05, 0) is 23.1 Å². The van der Waals surface area contributed by atoms with Crippen molar-refractivity contribution < 1.29 is 23.7 Å². The van der Waals surface area contributed by atoms with Gasteiger partial charge in [0.15, 0.2) is 0 Å². The predicted octanol–water partition coefficient (Wildman–Crippen LogP) is 1.54. The van der Waals surface area contributed by atoms with Gasteiger partial charge in [0.1, 0.15) is 17.1 Å². The summed E-state index contributed by atoms with van der Waals surface area (Å²) in [5.74, 6) is -2.15. The van der Waals surface area contributed by atoms with Crippen molar-refractivity contribution >= 4 is 28.6 Å². The van der Waals surface area contributed by atoms with Crippen molar-refractivity contribution in [2.45, 2.75) is 35.4 Å². The van der Waals surface area contributed by atoms with Crippen LogP contribution in [0.4, 0.5) is 0 Å². The van der Waals surface area contributed by atoms with E-state index in [9.17, 15) is 23.7 Å². The molecule has 31 heavy (non-hydrogen) atoms. The largest absolute Gasteiger partial charge is 0.477 e. The molecular formula is C23H20N2O5S. The molecule has 2 fully saturated rings. The average Bonchev–Trinajstić information content (AvgIpc) is 2.74. The summed E-state index contributed by atoms with van der Waals surface area (Å²) in [6.07, 6.45) is 0.552. The van der Waals surface area contributed by atoms with E-state index in [-0.39, 0.29) is 23.9 Å². The van der Waals surface area contributed by atoms with Crippen LogP contribution in [0.1, 0.15) is 23.5 Å². The van der Waals surface area contributed by atoms with E-state index in [4.69, 9.17) is 0 Å². The monoisotopic (exact) mass is 436 g/mol. The van der Waals surface area contributed by atoms with Gasteiger partial charge < -0.3 is 10.4 Å². The quantitative estimate of drug-likeness (QED) is 0.692. The first-order chi connectivity index (χ1) is 15.0. The smallest absolute Gasteiger partial charge is 0.352 e. The molecule has 8 heteroatoms. The Labute approximate surface area is 181 Å². The highest BCUT2D eigenvalue weighted by atomic mass is 32.2. The standard InChI is InChI=1S/C23H20N2O5S/c26-17(11-13-7-3-1-4-8-13)24-18-21(27)25-19(23(28)29)16-12-15(14-9-5-2-6-10-14)20(16)31(30)22(18)25/h1-10,15,18,20,22H,11-12H2,(H,24,26)(H,28,29)/t15?,18-,20+,22-,31+/m1/s1. The Morgan fingerprint density at radius 1 is 1.06 bits per heavy atom. The van der Waals surface area contributed by atoms with E-state index in [0.29, 0.717) is 12.0 Å². The first kappa shape index (κ1) is 19.7. The fourth-order valence-electron chi connectivity index (χ4n) is 4.69. The number of rotatable bonds is 5. The summed E-state index contributed by atoms with van der Waals surface area (Å²) in [4.78, 5) is 38.3. The van der Waals surface area contributed by atoms with Crippen molar-refractivity contribution in [3.05, 3.63) is 83.1 Å². The van der Waals surface area contributed by atoms with Crippen LogP contribution < -0.4 is 5.32 Å². The Balaban J connectivity index is 1.40. The van der Waals surface area contributed by atoms with Crippen LogP contribution in [0, 0.1) is 0 Å². The summed E-state index contributed by atoms with van der Waals surface area (Å²) in [5, 5.41) is 11.1. The zero-order chi connectivity index (χ0) is 21.7. The first-order valence-corrected chi connectivity index (χ1v) is 11.3. The lowest BCUT2D eigenvalue weighted by Gasteiger charge is -2.55. The molecule has 1 saturated heterocycles. The zero-order valence-corrected chi connectivity index (χ0v) is 17.2. The minimum atomic E-state index is -1.53. The van der Waals surface area contributed by atoms with Gasteiger partial charge in [-0.1, -0.05) is 60.7 Å². The summed E-state index contributed by atoms with van der Waals surface area (Å²) in [6, 6.07) is 17.7. The molecule has 1 saturated carbocycles. The minimum Gasteiger partial charge on any atom is -0.477 e. The molecule has 2 heterocycles. The number of carboxylic acids is 1. The number of carboxylic acid groups (broad SMARTS) is 1. The molecule has 1 aliphatic carbocycles. The fraction of sp³-hybridized carbons (Fsp3) is 0.261. The number of nitrogens with zero attached hydrogens (tertiary/aromatic N) is 1. The van der Waals surface area contributed by atoms with Gasteiger partial charge in [0, 0.05) is 5.92 Å². The number of fused-ring (bicyclic) bond motifs is 2. The highest BCUT2D eigenvalue weighted by Crippen LogP contribution is 2.53. The summed E-state index contributed by atoms with van der Waals surface area (Å²) < 4.78 is 13.4. The minimum absolute atomic E-state index is 0.0649. The van der Waals surface area contributed by atoms with Crippen molar-refractivity contribution in [2.75, 3.05) is 0 Å². The molecule has 2 aromatic carbocycles. The summed E-state index contributed by atoms with van der Waals surface area (Å²) in [6.45, 7) is 0. The van der Waals surface area contributed by atoms with E-state index in [2.05, 4.69) is 5.32 Å². The molecule has 0 bridgehead atoms. The third kappa shape index (κ3) is 3.09. The van der Waals surface area contributed by atoms with E-state index in [0.717, 1.165) is 16.0 Å². The van der Waals surface area contributed by atoms with Crippen molar-refractivity contribution in [1.82, 2.24) is 10.2 Å². The third-order valence-electron chi connectivity index (χ3n) is 6.18. The number of β-lactam (4-membered cyclic amide) rings is 1. The molecule has 3 aliphatic rings. The SMILES string of the molecule is O=C(Cc1ccccc1)N[C@@H]1C(=O)N2C(C(=O)O)=C3CC(c4ccccc4)[C@@H]3[S@](=O)[C@H]12. The lowest BCUT2D eigenvalue weighted by molar-refractivity contribution is -0.151. The third-order valence-corrected chi connectivity index (χ3v) is 8.25. The van der Waals surface area contributed by atoms with Crippen LogP contribution in [-0.2, 0) is 31.6 Å². The molecular weight excluding hydrogens is 416 g/mol. The van der Waals surface area contributed by atoms with Gasteiger partial charge in [-0.2, -0.15) is 0 Å². The van der Waals surface area contributed by atoms with Crippen LogP contribution in [-0.4, -0.2) is 48.7 Å². The van der Waals surface area contributed by atoms with E-state index >= 15 is 0 Å². The van der Waals surface area contributed by atoms with E-state index in [1.807, 2.05) is 60.7 Å². The molecule has 0 spiro atoms. The Morgan fingerprint density at radius 2 is 1.71 bits per heavy atom. The topological polar surface area (TPSA) is 104 Å². The second kappa shape index (κ2) is 7.46. The number of hydrogen-bond donors (Lipinski definition) is 2. The number of carbonyl (C=O) groups is 3. The van der Waals surface area contributed by atoms with Gasteiger partial charge in [0.25, 0.3) is 5.91 Å². The number of benzene rings is 2. The predicted molar refractivity (Wildman–Crippen MR) is 113 cm³/mol. The van der Waals surface area contributed by atoms with Gasteiger partial charge in [0.2, 0.25) is 5.91 Å². The van der Waals surface area contributed by atoms with Gasteiger partial charge in [-0.3, -0.25) is 18.7 Å². The molecule has 2 amide bonds. The Kier molecular flexibility index (Phi) is 4.74. The normalized spacial score (nSPS) is 28.7. The zero-order valence-electron chi connectivity index (χ0n) is 16.4. The van der Waals surface area contributed by atoms with Crippen LogP contribution in [0.3, 0.4) is 0 Å². The van der Waals surface area contributed by atoms with Crippen molar-refractivity contribution in [3.8, 4) is 0 Å². The van der Waals surface area contributed by atoms with E-state index < -0.39 is 39.3 Å². The summed E-state index contributed by atoms with van der Waals surface area (Å²) >= 11 is 0. The molecule has 2 N–H and O–H groups in total. The summed E-state index contributed by atoms with van der Waals surface area (Å²) in [5.41, 5.74) is 2.28. The van der Waals surface area contributed by atoms with Gasteiger partial charge in [-0.25, -0.2) is 4.79 Å². The highest BCUT2D eigenvalue weighted by molar-refractivity contribution is 7.86. The fourth-order valence-corrected chi connectivity index (χ4v) is 6.93. The van der Waals surface area contributed by atoms with Crippen LogP contribution in [0.5, 0.6) is 0 Å². The van der Waals surface area contributed by atoms with Crippen LogP contribution in [0.25, 0.3) is 0 Å². The van der Waals surface area contributed by atoms with Crippen LogP contribution in [0.2, 0.25) is 0 Å². The molecule has 1 unspecified atom stereocenters. The van der Waals surface area contributed by atoms with E-state index in [1.54, 1.807) is 0 Å². The summed E-state index contributed by atoms with van der Waals surface area (Å²) in [7, 11) is -1.53. The maximum Gasteiger partial charge on any atom is 0.352 e. The molecule has 0 radical (unpaired) electrons. The average molecular weight is 436 g/mol. The maximum absolute atomic E-state index is 13.4. The molecule has 2 aromatic rings. The Morgan fingerprint density at radius 3 is 2.35 bits per heavy atom. The first-order valence-electron chi connectivity index (χ1n) is 10.0. The molecule has 0 aromatic heterocycles. The lowest BCUT2D eigenvalue weighted by atomic mass is 9.73.